The molecule has 3 rings (SSSR count). The van der Waals surface area contributed by atoms with Crippen molar-refractivity contribution in [1.82, 2.24) is 14.9 Å². The lowest BCUT2D eigenvalue weighted by Crippen LogP contribution is -2.37. The number of hydrogen-bond acceptors (Lipinski definition) is 3. The molecule has 5 nitrogen and oxygen atoms in total. The van der Waals surface area contributed by atoms with E-state index in [4.69, 9.17) is 16.3 Å². The molecule has 3 aromatic rings. The Balaban J connectivity index is 1.69. The molecule has 0 spiro atoms. The number of halogens is 1. The lowest BCUT2D eigenvalue weighted by molar-refractivity contribution is -0.128. The van der Waals surface area contributed by atoms with E-state index in [9.17, 15) is 4.79 Å². The largest absolute Gasteiger partial charge is 0.481 e. The van der Waals surface area contributed by atoms with Crippen LogP contribution in [-0.2, 0) is 11.3 Å². The van der Waals surface area contributed by atoms with Crippen LogP contribution < -0.4 is 10.1 Å². The van der Waals surface area contributed by atoms with Gasteiger partial charge in [0.2, 0.25) is 0 Å². The van der Waals surface area contributed by atoms with Gasteiger partial charge in [0, 0.05) is 24.0 Å². The van der Waals surface area contributed by atoms with Crippen LogP contribution >= 0.6 is 11.6 Å². The van der Waals surface area contributed by atoms with E-state index in [2.05, 4.69) is 10.3 Å². The van der Waals surface area contributed by atoms with Gasteiger partial charge in [-0.3, -0.25) is 4.79 Å². The predicted molar refractivity (Wildman–Crippen MR) is 106 cm³/mol. The SMILES string of the molecule is CC[C@H](Oc1cccc(Cl)c1)C(=O)NCc1ccccc1-n1ccnc1C. The fraction of sp³-hybridized carbons (Fsp3) is 0.238. The van der Waals surface area contributed by atoms with Crippen LogP contribution in [0.25, 0.3) is 5.69 Å². The van der Waals surface area contributed by atoms with Crippen LogP contribution in [0.2, 0.25) is 5.02 Å². The van der Waals surface area contributed by atoms with Crippen LogP contribution in [0.4, 0.5) is 0 Å². The van der Waals surface area contributed by atoms with E-state index in [0.29, 0.717) is 23.7 Å². The van der Waals surface area contributed by atoms with Gasteiger partial charge in [0.05, 0.1) is 5.69 Å². The number of ether oxygens (including phenoxy) is 1. The minimum absolute atomic E-state index is 0.158. The summed E-state index contributed by atoms with van der Waals surface area (Å²) in [7, 11) is 0. The first-order valence-electron chi connectivity index (χ1n) is 8.86. The Hall–Kier alpha value is -2.79. The molecule has 1 atom stereocenters. The molecule has 0 aliphatic rings. The van der Waals surface area contributed by atoms with Crippen molar-refractivity contribution in [2.45, 2.75) is 32.9 Å². The van der Waals surface area contributed by atoms with Crippen LogP contribution in [0.3, 0.4) is 0 Å². The molecule has 0 radical (unpaired) electrons. The van der Waals surface area contributed by atoms with E-state index in [1.807, 2.05) is 48.9 Å². The van der Waals surface area contributed by atoms with Gasteiger partial charge in [-0.05, 0) is 43.2 Å². The highest BCUT2D eigenvalue weighted by molar-refractivity contribution is 6.30. The highest BCUT2D eigenvalue weighted by Gasteiger charge is 2.19. The van der Waals surface area contributed by atoms with E-state index < -0.39 is 6.10 Å². The van der Waals surface area contributed by atoms with Crippen LogP contribution in [0.15, 0.2) is 60.9 Å². The standard InChI is InChI=1S/C21H22ClN3O2/c1-3-20(27-18-9-6-8-17(22)13-18)21(26)24-14-16-7-4-5-10-19(16)25-12-11-23-15(25)2/h4-13,20H,3,14H2,1-2H3,(H,24,26)/t20-/m0/s1. The molecule has 0 aliphatic carbocycles. The minimum Gasteiger partial charge on any atom is -0.481 e. The second-order valence-electron chi connectivity index (χ2n) is 6.16. The summed E-state index contributed by atoms with van der Waals surface area (Å²) in [6, 6.07) is 15.0. The molecule has 2 aromatic carbocycles. The number of amides is 1. The van der Waals surface area contributed by atoms with Crippen LogP contribution in [0.1, 0.15) is 24.7 Å². The molecule has 1 heterocycles. The summed E-state index contributed by atoms with van der Waals surface area (Å²) >= 11 is 5.98. The van der Waals surface area contributed by atoms with Gasteiger partial charge in [0.25, 0.3) is 5.91 Å². The predicted octanol–water partition coefficient (Wildman–Crippen LogP) is 4.31. The maximum absolute atomic E-state index is 12.6. The molecule has 0 fully saturated rings. The van der Waals surface area contributed by atoms with E-state index in [1.54, 1.807) is 30.5 Å². The van der Waals surface area contributed by atoms with Crippen LogP contribution in [-0.4, -0.2) is 21.6 Å². The first kappa shape index (κ1) is 19.0. The lowest BCUT2D eigenvalue weighted by Gasteiger charge is -2.18. The van der Waals surface area contributed by atoms with Gasteiger partial charge in [-0.2, -0.15) is 0 Å². The van der Waals surface area contributed by atoms with Crippen molar-refractivity contribution in [3.8, 4) is 11.4 Å². The average molecular weight is 384 g/mol. The molecule has 1 amide bonds. The Morgan fingerprint density at radius 2 is 2.07 bits per heavy atom. The smallest absolute Gasteiger partial charge is 0.261 e. The molecule has 140 valence electrons. The lowest BCUT2D eigenvalue weighted by atomic mass is 10.1. The van der Waals surface area contributed by atoms with E-state index >= 15 is 0 Å². The van der Waals surface area contributed by atoms with Crippen molar-refractivity contribution in [2.75, 3.05) is 0 Å². The van der Waals surface area contributed by atoms with Crippen molar-refractivity contribution in [3.63, 3.8) is 0 Å². The molecule has 1 aromatic heterocycles. The molecular formula is C21H22ClN3O2. The summed E-state index contributed by atoms with van der Waals surface area (Å²) in [5.74, 6) is 1.32. The number of aryl methyl sites for hydroxylation is 1. The average Bonchev–Trinajstić information content (AvgIpc) is 3.10. The number of imidazole rings is 1. The third kappa shape index (κ3) is 4.68. The Labute approximate surface area is 164 Å². The maximum Gasteiger partial charge on any atom is 0.261 e. The second-order valence-corrected chi connectivity index (χ2v) is 6.60. The third-order valence-electron chi connectivity index (χ3n) is 4.27. The normalized spacial score (nSPS) is 11.8. The first-order valence-corrected chi connectivity index (χ1v) is 9.24. The van der Waals surface area contributed by atoms with E-state index in [1.165, 1.54) is 0 Å². The van der Waals surface area contributed by atoms with Gasteiger partial charge in [0.15, 0.2) is 6.10 Å². The van der Waals surface area contributed by atoms with E-state index in [0.717, 1.165) is 17.1 Å². The van der Waals surface area contributed by atoms with Gasteiger partial charge in [-0.1, -0.05) is 42.8 Å². The fourth-order valence-electron chi connectivity index (χ4n) is 2.85. The Kier molecular flexibility index (Phi) is 6.14. The summed E-state index contributed by atoms with van der Waals surface area (Å²) in [6.45, 7) is 4.26. The van der Waals surface area contributed by atoms with Gasteiger partial charge in [-0.15, -0.1) is 0 Å². The zero-order valence-electron chi connectivity index (χ0n) is 15.4. The second kappa shape index (κ2) is 8.73. The molecule has 0 saturated carbocycles. The number of para-hydroxylation sites is 1. The Bertz CT molecular complexity index is 923. The molecule has 0 aliphatic heterocycles. The van der Waals surface area contributed by atoms with Gasteiger partial charge in [0.1, 0.15) is 11.6 Å². The van der Waals surface area contributed by atoms with Crippen molar-refractivity contribution >= 4 is 17.5 Å². The molecular weight excluding hydrogens is 362 g/mol. The molecule has 0 saturated heterocycles. The van der Waals surface area contributed by atoms with Gasteiger partial charge in [-0.25, -0.2) is 4.98 Å². The molecule has 27 heavy (non-hydrogen) atoms. The molecule has 6 heteroatoms. The van der Waals surface area contributed by atoms with Gasteiger partial charge >= 0.3 is 0 Å². The number of rotatable bonds is 7. The minimum atomic E-state index is -0.578. The maximum atomic E-state index is 12.6. The summed E-state index contributed by atoms with van der Waals surface area (Å²) in [5, 5.41) is 3.55. The Morgan fingerprint density at radius 3 is 2.78 bits per heavy atom. The molecule has 0 bridgehead atoms. The highest BCUT2D eigenvalue weighted by atomic mass is 35.5. The number of carbonyl (C=O) groups excluding carboxylic acids is 1. The zero-order valence-corrected chi connectivity index (χ0v) is 16.1. The van der Waals surface area contributed by atoms with Crippen LogP contribution in [0.5, 0.6) is 5.75 Å². The zero-order chi connectivity index (χ0) is 19.2. The van der Waals surface area contributed by atoms with Crippen molar-refractivity contribution in [3.05, 3.63) is 77.3 Å². The topological polar surface area (TPSA) is 56.1 Å². The highest BCUT2D eigenvalue weighted by Crippen LogP contribution is 2.20. The van der Waals surface area contributed by atoms with Gasteiger partial charge < -0.3 is 14.6 Å². The number of carbonyl (C=O) groups is 1. The van der Waals surface area contributed by atoms with E-state index in [-0.39, 0.29) is 5.91 Å². The quantitative estimate of drug-likeness (QED) is 0.661. The fourth-order valence-corrected chi connectivity index (χ4v) is 3.03. The molecule has 0 unspecified atom stereocenters. The number of hydrogen-bond donors (Lipinski definition) is 1. The van der Waals surface area contributed by atoms with Crippen LogP contribution in [0, 0.1) is 6.92 Å². The van der Waals surface area contributed by atoms with Crippen molar-refractivity contribution < 1.29 is 9.53 Å². The summed E-state index contributed by atoms with van der Waals surface area (Å²) in [6.07, 6.45) is 3.65. The number of aromatic nitrogens is 2. The monoisotopic (exact) mass is 383 g/mol. The third-order valence-corrected chi connectivity index (χ3v) is 4.50. The summed E-state index contributed by atoms with van der Waals surface area (Å²) in [5.41, 5.74) is 2.00. The molecule has 1 N–H and O–H groups in total. The van der Waals surface area contributed by atoms with Crippen molar-refractivity contribution in [1.29, 1.82) is 0 Å². The summed E-state index contributed by atoms with van der Waals surface area (Å²) < 4.78 is 7.81. The number of nitrogens with zero attached hydrogens (tertiary/aromatic N) is 2. The van der Waals surface area contributed by atoms with Crippen molar-refractivity contribution in [2.24, 2.45) is 0 Å². The number of benzene rings is 2. The first-order chi connectivity index (χ1) is 13.1. The summed E-state index contributed by atoms with van der Waals surface area (Å²) in [4.78, 5) is 16.9. The Morgan fingerprint density at radius 1 is 1.26 bits per heavy atom. The number of nitrogens with one attached hydrogen (secondary N) is 1.